The fraction of sp³-hybridized carbons (Fsp3) is 0.550. The molecule has 2 rings (SSSR count). The molecule has 0 aliphatic carbocycles. The maximum atomic E-state index is 12.1. The molecule has 1 saturated heterocycles. The van der Waals surface area contributed by atoms with Crippen molar-refractivity contribution < 1.29 is 9.90 Å². The molecule has 2 N–H and O–H groups in total. The molecule has 1 aliphatic rings. The fourth-order valence-electron chi connectivity index (χ4n) is 3.00. The number of rotatable bonds is 8. The van der Waals surface area contributed by atoms with Gasteiger partial charge in [-0.25, -0.2) is 0 Å². The highest BCUT2D eigenvalue weighted by atomic mass is 16.3. The molecule has 0 bridgehead atoms. The van der Waals surface area contributed by atoms with E-state index < -0.39 is 0 Å². The van der Waals surface area contributed by atoms with Gasteiger partial charge < -0.3 is 10.4 Å². The molecular formula is C20H28N2O2. The number of nitrogens with zero attached hydrogens (tertiary/aromatic N) is 1. The predicted octanol–water partition coefficient (Wildman–Crippen LogP) is 2.42. The molecule has 1 fully saturated rings. The molecule has 0 unspecified atom stereocenters. The summed E-state index contributed by atoms with van der Waals surface area (Å²) in [4.78, 5) is 14.5. The number of hydrogen-bond acceptors (Lipinski definition) is 3. The largest absolute Gasteiger partial charge is 0.396 e. The lowest BCUT2D eigenvalue weighted by molar-refractivity contribution is 0.0953. The van der Waals surface area contributed by atoms with Gasteiger partial charge in [-0.2, -0.15) is 0 Å². The number of nitrogens with one attached hydrogen (secondary N) is 1. The molecule has 1 amide bonds. The van der Waals surface area contributed by atoms with Gasteiger partial charge in [0, 0.05) is 31.7 Å². The summed E-state index contributed by atoms with van der Waals surface area (Å²) in [5.74, 6) is 3.05. The summed E-state index contributed by atoms with van der Waals surface area (Å²) in [5.41, 5.74) is 1.93. The Balaban J connectivity index is 1.74. The van der Waals surface area contributed by atoms with Gasteiger partial charge in [0.25, 0.3) is 5.91 Å². The fourth-order valence-corrected chi connectivity index (χ4v) is 3.00. The van der Waals surface area contributed by atoms with Crippen LogP contribution in [0.25, 0.3) is 0 Å². The van der Waals surface area contributed by atoms with Crippen LogP contribution in [-0.2, 0) is 6.54 Å². The molecule has 0 saturated carbocycles. The zero-order valence-electron chi connectivity index (χ0n) is 14.3. The summed E-state index contributed by atoms with van der Waals surface area (Å²) < 4.78 is 0. The van der Waals surface area contributed by atoms with Crippen molar-refractivity contribution in [2.45, 2.75) is 38.6 Å². The van der Waals surface area contributed by atoms with Crippen LogP contribution in [0.4, 0.5) is 0 Å². The highest BCUT2D eigenvalue weighted by molar-refractivity contribution is 5.94. The van der Waals surface area contributed by atoms with Crippen molar-refractivity contribution in [3.8, 4) is 12.3 Å². The number of piperidine rings is 1. The van der Waals surface area contributed by atoms with E-state index in [-0.39, 0.29) is 5.91 Å². The highest BCUT2D eigenvalue weighted by Gasteiger charge is 2.18. The minimum atomic E-state index is -0.0222. The number of aliphatic hydroxyl groups excluding tert-OH is 1. The summed E-state index contributed by atoms with van der Waals surface area (Å²) in [6.45, 7) is 3.95. The average Bonchev–Trinajstić information content (AvgIpc) is 2.62. The molecule has 0 radical (unpaired) electrons. The normalized spacial score (nSPS) is 15.8. The first kappa shape index (κ1) is 18.5. The Morgan fingerprint density at radius 3 is 2.58 bits per heavy atom. The lowest BCUT2D eigenvalue weighted by Gasteiger charge is -2.31. The van der Waals surface area contributed by atoms with Gasteiger partial charge in [-0.15, -0.1) is 12.3 Å². The van der Waals surface area contributed by atoms with E-state index >= 15 is 0 Å². The molecule has 4 heteroatoms. The van der Waals surface area contributed by atoms with Crippen molar-refractivity contribution in [2.75, 3.05) is 26.2 Å². The van der Waals surface area contributed by atoms with Crippen LogP contribution in [0.2, 0.25) is 0 Å². The second-order valence-electron chi connectivity index (χ2n) is 6.52. The summed E-state index contributed by atoms with van der Waals surface area (Å²) in [6.07, 6.45) is 9.96. The smallest absolute Gasteiger partial charge is 0.251 e. The minimum Gasteiger partial charge on any atom is -0.396 e. The van der Waals surface area contributed by atoms with Crippen LogP contribution in [0.15, 0.2) is 24.3 Å². The van der Waals surface area contributed by atoms with Crippen LogP contribution in [-0.4, -0.2) is 42.2 Å². The third-order valence-corrected chi connectivity index (χ3v) is 4.62. The van der Waals surface area contributed by atoms with E-state index in [2.05, 4.69) is 16.1 Å². The van der Waals surface area contributed by atoms with Gasteiger partial charge in [0.2, 0.25) is 0 Å². The SMILES string of the molecule is C#CCCCCNC(=O)c1ccc(CN2CCC(CO)CC2)cc1. The number of hydrogen-bond donors (Lipinski definition) is 2. The second-order valence-corrected chi connectivity index (χ2v) is 6.52. The number of benzene rings is 1. The first-order valence-electron chi connectivity index (χ1n) is 8.86. The number of carbonyl (C=O) groups excluding carboxylic acids is 1. The first-order chi connectivity index (χ1) is 11.7. The summed E-state index contributed by atoms with van der Waals surface area (Å²) >= 11 is 0. The van der Waals surface area contributed by atoms with Gasteiger partial charge in [0.1, 0.15) is 0 Å². The Hall–Kier alpha value is -1.83. The summed E-state index contributed by atoms with van der Waals surface area (Å²) in [6, 6.07) is 7.86. The third-order valence-electron chi connectivity index (χ3n) is 4.62. The van der Waals surface area contributed by atoms with Crippen molar-refractivity contribution >= 4 is 5.91 Å². The van der Waals surface area contributed by atoms with Crippen molar-refractivity contribution in [2.24, 2.45) is 5.92 Å². The number of aliphatic hydroxyl groups is 1. The van der Waals surface area contributed by atoms with E-state index in [0.29, 0.717) is 24.6 Å². The molecule has 1 heterocycles. The minimum absolute atomic E-state index is 0.0222. The molecule has 4 nitrogen and oxygen atoms in total. The van der Waals surface area contributed by atoms with Gasteiger partial charge >= 0.3 is 0 Å². The first-order valence-corrected chi connectivity index (χ1v) is 8.86. The van der Waals surface area contributed by atoms with Crippen LogP contribution in [0, 0.1) is 18.3 Å². The van der Waals surface area contributed by atoms with Crippen molar-refractivity contribution in [3.63, 3.8) is 0 Å². The highest BCUT2D eigenvalue weighted by Crippen LogP contribution is 2.18. The summed E-state index contributed by atoms with van der Waals surface area (Å²) in [5, 5.41) is 12.1. The van der Waals surface area contributed by atoms with Crippen LogP contribution in [0.3, 0.4) is 0 Å². The van der Waals surface area contributed by atoms with Crippen molar-refractivity contribution in [1.29, 1.82) is 0 Å². The zero-order valence-corrected chi connectivity index (χ0v) is 14.3. The monoisotopic (exact) mass is 328 g/mol. The lowest BCUT2D eigenvalue weighted by atomic mass is 9.97. The van der Waals surface area contributed by atoms with Crippen LogP contribution in [0.1, 0.15) is 48.0 Å². The lowest BCUT2D eigenvalue weighted by Crippen LogP contribution is -2.34. The Morgan fingerprint density at radius 2 is 1.96 bits per heavy atom. The average molecular weight is 328 g/mol. The Labute approximate surface area is 145 Å². The number of unbranched alkanes of at least 4 members (excludes halogenated alkanes) is 2. The maximum Gasteiger partial charge on any atom is 0.251 e. The molecule has 1 aromatic carbocycles. The molecule has 0 aromatic heterocycles. The molecule has 24 heavy (non-hydrogen) atoms. The van der Waals surface area contributed by atoms with Gasteiger partial charge in [-0.3, -0.25) is 9.69 Å². The van der Waals surface area contributed by atoms with Gasteiger partial charge in [0.15, 0.2) is 0 Å². The van der Waals surface area contributed by atoms with E-state index in [1.54, 1.807) is 0 Å². The second kappa shape index (κ2) is 10.1. The van der Waals surface area contributed by atoms with E-state index in [1.165, 1.54) is 5.56 Å². The molecule has 1 aliphatic heterocycles. The van der Waals surface area contributed by atoms with Crippen LogP contribution >= 0.6 is 0 Å². The Morgan fingerprint density at radius 1 is 1.25 bits per heavy atom. The number of amides is 1. The predicted molar refractivity (Wildman–Crippen MR) is 96.5 cm³/mol. The zero-order chi connectivity index (χ0) is 17.2. The van der Waals surface area contributed by atoms with Crippen molar-refractivity contribution in [1.82, 2.24) is 10.2 Å². The molecule has 1 aromatic rings. The Kier molecular flexibility index (Phi) is 7.81. The van der Waals surface area contributed by atoms with E-state index in [9.17, 15) is 9.90 Å². The van der Waals surface area contributed by atoms with Crippen LogP contribution in [0.5, 0.6) is 0 Å². The van der Waals surface area contributed by atoms with Crippen LogP contribution < -0.4 is 5.32 Å². The van der Waals surface area contributed by atoms with Gasteiger partial charge in [0.05, 0.1) is 0 Å². The molecule has 0 atom stereocenters. The van der Waals surface area contributed by atoms with Gasteiger partial charge in [-0.1, -0.05) is 12.1 Å². The van der Waals surface area contributed by atoms with Crippen molar-refractivity contribution in [3.05, 3.63) is 35.4 Å². The number of carbonyl (C=O) groups is 1. The third kappa shape index (κ3) is 5.99. The molecule has 130 valence electrons. The summed E-state index contributed by atoms with van der Waals surface area (Å²) in [7, 11) is 0. The van der Waals surface area contributed by atoms with E-state index in [4.69, 9.17) is 6.42 Å². The molecular weight excluding hydrogens is 300 g/mol. The number of likely N-dealkylation sites (tertiary alicyclic amines) is 1. The van der Waals surface area contributed by atoms with E-state index in [0.717, 1.165) is 51.7 Å². The number of terminal acetylenes is 1. The topological polar surface area (TPSA) is 52.6 Å². The maximum absolute atomic E-state index is 12.1. The quantitative estimate of drug-likeness (QED) is 0.569. The standard InChI is InChI=1S/C20H28N2O2/c1-2-3-4-5-12-21-20(24)19-8-6-17(7-9-19)15-22-13-10-18(16-23)11-14-22/h1,6-9,18,23H,3-5,10-16H2,(H,21,24). The Bertz CT molecular complexity index is 540. The van der Waals surface area contributed by atoms with Gasteiger partial charge in [-0.05, 0) is 62.4 Å². The van der Waals surface area contributed by atoms with E-state index in [1.807, 2.05) is 24.3 Å². The molecule has 0 spiro atoms.